The van der Waals surface area contributed by atoms with E-state index in [0.29, 0.717) is 6.04 Å². The molecule has 1 aliphatic rings. The van der Waals surface area contributed by atoms with E-state index in [-0.39, 0.29) is 0 Å². The molecule has 0 saturated carbocycles. The number of nitrogens with one attached hydrogen (secondary N) is 1. The fourth-order valence-corrected chi connectivity index (χ4v) is 2.55. The van der Waals surface area contributed by atoms with Crippen LogP contribution in [0.1, 0.15) is 32.4 Å². The topological polar surface area (TPSA) is 29.9 Å². The molecule has 2 rings (SSSR count). The van der Waals surface area contributed by atoms with Crippen molar-refractivity contribution >= 4 is 11.6 Å². The lowest BCUT2D eigenvalue weighted by molar-refractivity contribution is 0.322. The molecule has 90 valence electrons. The summed E-state index contributed by atoms with van der Waals surface area (Å²) in [5.74, 6) is 0.808. The summed E-state index contributed by atoms with van der Waals surface area (Å²) >= 11 is 6.16. The standard InChI is InChI=1S/C12H20ClN3/c1-3-16-12(11(13)8-15-16)6-10-5-4-9(2)7-14-10/h8-10,14H,3-7H2,1-2H3. The lowest BCUT2D eigenvalue weighted by Gasteiger charge is -2.28. The van der Waals surface area contributed by atoms with Gasteiger partial charge in [0.15, 0.2) is 0 Å². The first-order valence-electron chi connectivity index (χ1n) is 6.14. The third-order valence-electron chi connectivity index (χ3n) is 3.40. The Bertz CT molecular complexity index is 340. The minimum absolute atomic E-state index is 0.565. The van der Waals surface area contributed by atoms with Crippen molar-refractivity contribution in [3.05, 3.63) is 16.9 Å². The van der Waals surface area contributed by atoms with Gasteiger partial charge >= 0.3 is 0 Å². The van der Waals surface area contributed by atoms with E-state index in [9.17, 15) is 0 Å². The summed E-state index contributed by atoms with van der Waals surface area (Å²) in [5, 5.41) is 8.67. The van der Waals surface area contributed by atoms with Crippen LogP contribution >= 0.6 is 11.6 Å². The number of piperidine rings is 1. The summed E-state index contributed by atoms with van der Waals surface area (Å²) < 4.78 is 2.00. The SMILES string of the molecule is CCn1ncc(Cl)c1CC1CCC(C)CN1. The summed E-state index contributed by atoms with van der Waals surface area (Å²) in [4.78, 5) is 0. The molecular formula is C12H20ClN3. The fraction of sp³-hybridized carbons (Fsp3) is 0.750. The molecule has 1 N–H and O–H groups in total. The van der Waals surface area contributed by atoms with Crippen LogP contribution in [-0.4, -0.2) is 22.4 Å². The van der Waals surface area contributed by atoms with Crippen LogP contribution in [0.15, 0.2) is 6.20 Å². The Morgan fingerprint density at radius 3 is 3.00 bits per heavy atom. The molecule has 2 heterocycles. The zero-order valence-corrected chi connectivity index (χ0v) is 10.8. The quantitative estimate of drug-likeness (QED) is 0.881. The number of hydrogen-bond donors (Lipinski definition) is 1. The molecule has 4 heteroatoms. The van der Waals surface area contributed by atoms with Crippen LogP contribution < -0.4 is 5.32 Å². The van der Waals surface area contributed by atoms with E-state index in [2.05, 4.69) is 24.3 Å². The van der Waals surface area contributed by atoms with Crippen molar-refractivity contribution in [2.24, 2.45) is 5.92 Å². The van der Waals surface area contributed by atoms with E-state index < -0.39 is 0 Å². The van der Waals surface area contributed by atoms with Gasteiger partial charge in [-0.3, -0.25) is 4.68 Å². The largest absolute Gasteiger partial charge is 0.313 e. The fourth-order valence-electron chi connectivity index (χ4n) is 2.33. The van der Waals surface area contributed by atoms with Gasteiger partial charge in [0.25, 0.3) is 0 Å². The van der Waals surface area contributed by atoms with Gasteiger partial charge in [0.2, 0.25) is 0 Å². The lowest BCUT2D eigenvalue weighted by Crippen LogP contribution is -2.39. The van der Waals surface area contributed by atoms with E-state index >= 15 is 0 Å². The van der Waals surface area contributed by atoms with Crippen LogP contribution in [-0.2, 0) is 13.0 Å². The van der Waals surface area contributed by atoms with Gasteiger partial charge < -0.3 is 5.32 Å². The maximum atomic E-state index is 6.16. The van der Waals surface area contributed by atoms with Crippen molar-refractivity contribution in [2.75, 3.05) is 6.54 Å². The first-order valence-corrected chi connectivity index (χ1v) is 6.52. The van der Waals surface area contributed by atoms with Crippen molar-refractivity contribution < 1.29 is 0 Å². The molecule has 3 nitrogen and oxygen atoms in total. The Morgan fingerprint density at radius 1 is 1.56 bits per heavy atom. The number of nitrogens with zero attached hydrogens (tertiary/aromatic N) is 2. The third-order valence-corrected chi connectivity index (χ3v) is 3.72. The van der Waals surface area contributed by atoms with E-state index in [1.165, 1.54) is 18.5 Å². The van der Waals surface area contributed by atoms with Crippen LogP contribution in [0.5, 0.6) is 0 Å². The van der Waals surface area contributed by atoms with Crippen LogP contribution in [0.2, 0.25) is 5.02 Å². The van der Waals surface area contributed by atoms with Gasteiger partial charge in [0, 0.05) is 19.0 Å². The first kappa shape index (κ1) is 11.9. The molecule has 1 aromatic heterocycles. The van der Waals surface area contributed by atoms with Crippen molar-refractivity contribution in [3.8, 4) is 0 Å². The molecule has 0 aromatic carbocycles. The second-order valence-electron chi connectivity index (χ2n) is 4.75. The zero-order valence-electron chi connectivity index (χ0n) is 10.0. The molecule has 1 fully saturated rings. The third kappa shape index (κ3) is 2.58. The smallest absolute Gasteiger partial charge is 0.0818 e. The van der Waals surface area contributed by atoms with E-state index in [0.717, 1.165) is 30.5 Å². The van der Waals surface area contributed by atoms with E-state index in [1.54, 1.807) is 6.20 Å². The Kier molecular flexibility index (Phi) is 3.87. The molecule has 0 spiro atoms. The number of rotatable bonds is 3. The molecule has 0 aliphatic carbocycles. The number of halogens is 1. The lowest BCUT2D eigenvalue weighted by atomic mass is 9.94. The molecule has 0 radical (unpaired) electrons. The van der Waals surface area contributed by atoms with Crippen LogP contribution in [0.3, 0.4) is 0 Å². The van der Waals surface area contributed by atoms with Gasteiger partial charge in [-0.1, -0.05) is 18.5 Å². The molecule has 1 aromatic rings. The molecule has 0 amide bonds. The van der Waals surface area contributed by atoms with Crippen LogP contribution in [0.25, 0.3) is 0 Å². The second kappa shape index (κ2) is 5.19. The average molecular weight is 242 g/mol. The Morgan fingerprint density at radius 2 is 2.38 bits per heavy atom. The van der Waals surface area contributed by atoms with Gasteiger partial charge in [0.1, 0.15) is 0 Å². The van der Waals surface area contributed by atoms with Crippen LogP contribution in [0.4, 0.5) is 0 Å². The van der Waals surface area contributed by atoms with Gasteiger partial charge in [-0.2, -0.15) is 5.10 Å². The summed E-state index contributed by atoms with van der Waals surface area (Å²) in [5.41, 5.74) is 1.18. The van der Waals surface area contributed by atoms with Crippen molar-refractivity contribution in [2.45, 2.75) is 45.7 Å². The summed E-state index contributed by atoms with van der Waals surface area (Å²) in [6.45, 7) is 6.42. The summed E-state index contributed by atoms with van der Waals surface area (Å²) in [6.07, 6.45) is 5.31. The number of aromatic nitrogens is 2. The molecular weight excluding hydrogens is 222 g/mol. The summed E-state index contributed by atoms with van der Waals surface area (Å²) in [7, 11) is 0. The predicted octanol–water partition coefficient (Wildman–Crippen LogP) is 2.49. The first-order chi connectivity index (χ1) is 7.70. The maximum absolute atomic E-state index is 6.16. The highest BCUT2D eigenvalue weighted by molar-refractivity contribution is 6.31. The average Bonchev–Trinajstić information content (AvgIpc) is 2.63. The molecule has 1 saturated heterocycles. The number of aryl methyl sites for hydroxylation is 1. The Labute approximate surface area is 102 Å². The minimum atomic E-state index is 0.565. The van der Waals surface area contributed by atoms with Gasteiger partial charge in [-0.05, 0) is 32.2 Å². The Balaban J connectivity index is 2.00. The second-order valence-corrected chi connectivity index (χ2v) is 5.15. The predicted molar refractivity (Wildman–Crippen MR) is 66.8 cm³/mol. The molecule has 2 unspecified atom stereocenters. The van der Waals surface area contributed by atoms with Crippen LogP contribution in [0, 0.1) is 5.92 Å². The molecule has 2 atom stereocenters. The highest BCUT2D eigenvalue weighted by Gasteiger charge is 2.20. The minimum Gasteiger partial charge on any atom is -0.313 e. The monoisotopic (exact) mass is 241 g/mol. The zero-order chi connectivity index (χ0) is 11.5. The van der Waals surface area contributed by atoms with Gasteiger partial charge in [-0.15, -0.1) is 0 Å². The molecule has 16 heavy (non-hydrogen) atoms. The maximum Gasteiger partial charge on any atom is 0.0818 e. The van der Waals surface area contributed by atoms with Crippen molar-refractivity contribution in [1.82, 2.24) is 15.1 Å². The highest BCUT2D eigenvalue weighted by Crippen LogP contribution is 2.21. The Hall–Kier alpha value is -0.540. The molecule has 0 bridgehead atoms. The van der Waals surface area contributed by atoms with Crippen molar-refractivity contribution in [3.63, 3.8) is 0 Å². The normalized spacial score (nSPS) is 25.9. The number of hydrogen-bond acceptors (Lipinski definition) is 2. The van der Waals surface area contributed by atoms with Gasteiger partial charge in [-0.25, -0.2) is 0 Å². The van der Waals surface area contributed by atoms with Crippen molar-refractivity contribution in [1.29, 1.82) is 0 Å². The van der Waals surface area contributed by atoms with E-state index in [4.69, 9.17) is 11.6 Å². The molecule has 1 aliphatic heterocycles. The summed E-state index contributed by atoms with van der Waals surface area (Å²) in [6, 6.07) is 0.565. The van der Waals surface area contributed by atoms with Gasteiger partial charge in [0.05, 0.1) is 16.9 Å². The van der Waals surface area contributed by atoms with E-state index in [1.807, 2.05) is 4.68 Å². The highest BCUT2D eigenvalue weighted by atomic mass is 35.5.